The largest absolute Gasteiger partial charge is 0.369 e. The number of carbonyl (C=O) groups excluding carboxylic acids is 4. The van der Waals surface area contributed by atoms with E-state index in [9.17, 15) is 19.2 Å². The maximum Gasteiger partial charge on any atom is 0.262 e. The van der Waals surface area contributed by atoms with Crippen LogP contribution in [0.4, 0.5) is 5.69 Å². The number of rotatable bonds is 7. The van der Waals surface area contributed by atoms with Crippen LogP contribution in [0, 0.1) is 0 Å². The minimum absolute atomic E-state index is 0.000621. The van der Waals surface area contributed by atoms with Gasteiger partial charge in [-0.15, -0.1) is 0 Å². The van der Waals surface area contributed by atoms with Crippen LogP contribution in [-0.4, -0.2) is 47.2 Å². The van der Waals surface area contributed by atoms with Gasteiger partial charge >= 0.3 is 0 Å². The SMILES string of the molecule is CC(=O)c1cccc(NC(=O)COCC(C)(C)N2C(=O)c3ccccc3C2=O)c1. The van der Waals surface area contributed by atoms with Crippen LogP contribution in [0.15, 0.2) is 48.5 Å². The first-order valence-electron chi connectivity index (χ1n) is 9.17. The average Bonchev–Trinajstić information content (AvgIpc) is 2.93. The molecule has 0 aromatic heterocycles. The van der Waals surface area contributed by atoms with Crippen LogP contribution in [0.2, 0.25) is 0 Å². The maximum absolute atomic E-state index is 12.6. The van der Waals surface area contributed by atoms with Crippen LogP contribution in [0.5, 0.6) is 0 Å². The minimum Gasteiger partial charge on any atom is -0.369 e. The second-order valence-electron chi connectivity index (χ2n) is 7.48. The molecule has 29 heavy (non-hydrogen) atoms. The van der Waals surface area contributed by atoms with Crippen LogP contribution in [0.3, 0.4) is 0 Å². The zero-order chi connectivity index (χ0) is 21.2. The van der Waals surface area contributed by atoms with E-state index in [1.807, 2.05) is 0 Å². The summed E-state index contributed by atoms with van der Waals surface area (Å²) in [7, 11) is 0. The maximum atomic E-state index is 12.6. The van der Waals surface area contributed by atoms with E-state index >= 15 is 0 Å². The van der Waals surface area contributed by atoms with E-state index < -0.39 is 11.4 Å². The minimum atomic E-state index is -0.929. The Labute approximate surface area is 168 Å². The van der Waals surface area contributed by atoms with Crippen LogP contribution < -0.4 is 5.32 Å². The molecule has 0 bridgehead atoms. The van der Waals surface area contributed by atoms with Gasteiger partial charge in [-0.2, -0.15) is 0 Å². The number of carbonyl (C=O) groups is 4. The summed E-state index contributed by atoms with van der Waals surface area (Å²) in [5, 5.41) is 2.66. The Balaban J connectivity index is 1.58. The molecule has 1 aliphatic heterocycles. The summed E-state index contributed by atoms with van der Waals surface area (Å²) in [5.74, 6) is -1.24. The number of benzene rings is 2. The Morgan fingerprint density at radius 1 is 1.00 bits per heavy atom. The molecule has 7 nitrogen and oxygen atoms in total. The molecular formula is C22H22N2O5. The highest BCUT2D eigenvalue weighted by molar-refractivity contribution is 6.21. The number of hydrogen-bond donors (Lipinski definition) is 1. The van der Waals surface area contributed by atoms with E-state index in [2.05, 4.69) is 5.32 Å². The lowest BCUT2D eigenvalue weighted by Gasteiger charge is -2.33. The lowest BCUT2D eigenvalue weighted by atomic mass is 10.0. The molecule has 1 N–H and O–H groups in total. The third-order valence-electron chi connectivity index (χ3n) is 4.64. The molecule has 0 unspecified atom stereocenters. The molecule has 0 spiro atoms. The number of Topliss-reactive ketones (excluding diaryl/α,β-unsaturated/α-hetero) is 1. The molecule has 0 radical (unpaired) electrons. The number of imide groups is 1. The Morgan fingerprint density at radius 2 is 1.62 bits per heavy atom. The predicted molar refractivity (Wildman–Crippen MR) is 107 cm³/mol. The summed E-state index contributed by atoms with van der Waals surface area (Å²) in [6.07, 6.45) is 0. The average molecular weight is 394 g/mol. The monoisotopic (exact) mass is 394 g/mol. The summed E-state index contributed by atoms with van der Waals surface area (Å²) < 4.78 is 5.49. The van der Waals surface area contributed by atoms with Crippen LogP contribution in [0.1, 0.15) is 51.8 Å². The molecular weight excluding hydrogens is 372 g/mol. The van der Waals surface area contributed by atoms with Crippen molar-refractivity contribution in [2.45, 2.75) is 26.3 Å². The molecule has 0 aliphatic carbocycles. The van der Waals surface area contributed by atoms with Gasteiger partial charge in [-0.1, -0.05) is 24.3 Å². The smallest absolute Gasteiger partial charge is 0.262 e. The van der Waals surface area contributed by atoms with E-state index in [4.69, 9.17) is 4.74 Å². The summed E-state index contributed by atoms with van der Waals surface area (Å²) in [5.41, 5.74) is 0.797. The first-order chi connectivity index (χ1) is 13.7. The Kier molecular flexibility index (Phi) is 5.61. The highest BCUT2D eigenvalue weighted by atomic mass is 16.5. The topological polar surface area (TPSA) is 92.8 Å². The summed E-state index contributed by atoms with van der Waals surface area (Å²) >= 11 is 0. The van der Waals surface area contributed by atoms with Crippen LogP contribution >= 0.6 is 0 Å². The molecule has 2 aromatic rings. The van der Waals surface area contributed by atoms with Crippen molar-refractivity contribution in [1.82, 2.24) is 4.90 Å². The van der Waals surface area contributed by atoms with Gasteiger partial charge in [0.15, 0.2) is 5.78 Å². The van der Waals surface area contributed by atoms with E-state index in [0.29, 0.717) is 22.4 Å². The van der Waals surface area contributed by atoms with Gasteiger partial charge in [0.1, 0.15) is 6.61 Å². The number of fused-ring (bicyclic) bond motifs is 1. The van der Waals surface area contributed by atoms with Crippen LogP contribution in [0.25, 0.3) is 0 Å². The molecule has 0 saturated carbocycles. The number of hydrogen-bond acceptors (Lipinski definition) is 5. The second kappa shape index (κ2) is 7.97. The van der Waals surface area contributed by atoms with E-state index in [1.165, 1.54) is 11.8 Å². The van der Waals surface area contributed by atoms with E-state index in [-0.39, 0.29) is 30.8 Å². The number of amides is 3. The van der Waals surface area contributed by atoms with Gasteiger partial charge in [-0.25, -0.2) is 0 Å². The van der Waals surface area contributed by atoms with Crippen molar-refractivity contribution in [3.05, 3.63) is 65.2 Å². The van der Waals surface area contributed by atoms with Crippen LogP contribution in [-0.2, 0) is 9.53 Å². The lowest BCUT2D eigenvalue weighted by Crippen LogP contribution is -2.50. The van der Waals surface area contributed by atoms with Crippen molar-refractivity contribution in [3.63, 3.8) is 0 Å². The number of anilines is 1. The van der Waals surface area contributed by atoms with Gasteiger partial charge in [0, 0.05) is 11.3 Å². The quantitative estimate of drug-likeness (QED) is 0.576. The molecule has 2 aromatic carbocycles. The van der Waals surface area contributed by atoms with Crippen molar-refractivity contribution < 1.29 is 23.9 Å². The molecule has 0 fully saturated rings. The van der Waals surface area contributed by atoms with Gasteiger partial charge in [0.25, 0.3) is 11.8 Å². The van der Waals surface area contributed by atoms with Crippen molar-refractivity contribution in [3.8, 4) is 0 Å². The van der Waals surface area contributed by atoms with E-state index in [0.717, 1.165) is 0 Å². The third kappa shape index (κ3) is 4.25. The Hall–Kier alpha value is -3.32. The van der Waals surface area contributed by atoms with Crippen molar-refractivity contribution >= 4 is 29.2 Å². The fourth-order valence-corrected chi connectivity index (χ4v) is 3.21. The first-order valence-corrected chi connectivity index (χ1v) is 9.17. The molecule has 1 heterocycles. The fraction of sp³-hybridized carbons (Fsp3) is 0.273. The van der Waals surface area contributed by atoms with Gasteiger partial charge in [0.2, 0.25) is 5.91 Å². The van der Waals surface area contributed by atoms with Gasteiger partial charge < -0.3 is 10.1 Å². The van der Waals surface area contributed by atoms with Gasteiger partial charge in [0.05, 0.1) is 23.3 Å². The Bertz CT molecular complexity index is 961. The zero-order valence-corrected chi connectivity index (χ0v) is 16.5. The number of nitrogens with one attached hydrogen (secondary N) is 1. The van der Waals surface area contributed by atoms with Crippen molar-refractivity contribution in [2.75, 3.05) is 18.5 Å². The number of ketones is 1. The highest BCUT2D eigenvalue weighted by Crippen LogP contribution is 2.29. The summed E-state index contributed by atoms with van der Waals surface area (Å²) in [4.78, 5) is 50.0. The molecule has 3 amide bonds. The number of ether oxygens (including phenoxy) is 1. The molecule has 0 saturated heterocycles. The Morgan fingerprint density at radius 3 is 2.21 bits per heavy atom. The van der Waals surface area contributed by atoms with E-state index in [1.54, 1.807) is 62.4 Å². The molecule has 7 heteroatoms. The zero-order valence-electron chi connectivity index (χ0n) is 16.5. The summed E-state index contributed by atoms with van der Waals surface area (Å²) in [6, 6.07) is 13.3. The molecule has 150 valence electrons. The lowest BCUT2D eigenvalue weighted by molar-refractivity contribution is -0.121. The standard InChI is InChI=1S/C22H22N2O5/c1-14(25)15-7-6-8-16(11-15)23-19(26)12-29-13-22(2,3)24-20(27)17-9-4-5-10-18(17)21(24)28/h4-11H,12-13H2,1-3H3,(H,23,26). The number of nitrogens with zero attached hydrogens (tertiary/aromatic N) is 1. The fourth-order valence-electron chi connectivity index (χ4n) is 3.21. The molecule has 1 aliphatic rings. The van der Waals surface area contributed by atoms with Crippen molar-refractivity contribution in [1.29, 1.82) is 0 Å². The molecule has 3 rings (SSSR count). The van der Waals surface area contributed by atoms with Crippen molar-refractivity contribution in [2.24, 2.45) is 0 Å². The third-order valence-corrected chi connectivity index (χ3v) is 4.64. The summed E-state index contributed by atoms with van der Waals surface area (Å²) in [6.45, 7) is 4.62. The van der Waals surface area contributed by atoms with Gasteiger partial charge in [-0.05, 0) is 45.0 Å². The first kappa shape index (κ1) is 20.4. The second-order valence-corrected chi connectivity index (χ2v) is 7.48. The predicted octanol–water partition coefficient (Wildman–Crippen LogP) is 2.92. The molecule has 0 atom stereocenters. The normalized spacial score (nSPS) is 13.4. The van der Waals surface area contributed by atoms with Gasteiger partial charge in [-0.3, -0.25) is 24.1 Å². The highest BCUT2D eigenvalue weighted by Gasteiger charge is 2.44.